The van der Waals surface area contributed by atoms with Crippen LogP contribution in [0.15, 0.2) is 48.1 Å². The highest BCUT2D eigenvalue weighted by Crippen LogP contribution is 2.06. The maximum atomic E-state index is 5.62. The minimum atomic E-state index is 0.120. The summed E-state index contributed by atoms with van der Waals surface area (Å²) in [5.74, 6) is 0. The highest BCUT2D eigenvalue weighted by atomic mass is 14.6. The fourth-order valence-corrected chi connectivity index (χ4v) is 1.16. The molecule has 0 spiro atoms. The third kappa shape index (κ3) is 4.06. The van der Waals surface area contributed by atoms with E-state index in [0.29, 0.717) is 0 Å². The Kier molecular flexibility index (Phi) is 4.14. The fourth-order valence-electron chi connectivity index (χ4n) is 1.16. The van der Waals surface area contributed by atoms with Gasteiger partial charge in [-0.2, -0.15) is 0 Å². The normalized spacial score (nSPS) is 14.6. The molecule has 0 amide bonds. The summed E-state index contributed by atoms with van der Waals surface area (Å²) in [6.07, 6.45) is 6.19. The number of benzene rings is 1. The molecule has 0 bridgehead atoms. The van der Waals surface area contributed by atoms with Gasteiger partial charge in [-0.25, -0.2) is 0 Å². The van der Waals surface area contributed by atoms with E-state index in [1.165, 1.54) is 11.1 Å². The van der Waals surface area contributed by atoms with Crippen LogP contribution in [-0.4, -0.2) is 6.04 Å². The standard InChI is InChI=1S/C13H17N/c1-11(8-9-12(2)14)10-13-6-4-3-5-7-13/h3-10,12H,14H2,1-2H3/b9-8+,11-10+. The van der Waals surface area contributed by atoms with Crippen molar-refractivity contribution in [2.75, 3.05) is 0 Å². The molecule has 1 unspecified atom stereocenters. The summed E-state index contributed by atoms with van der Waals surface area (Å²) < 4.78 is 0. The van der Waals surface area contributed by atoms with Crippen LogP contribution in [-0.2, 0) is 0 Å². The molecule has 14 heavy (non-hydrogen) atoms. The van der Waals surface area contributed by atoms with E-state index in [1.54, 1.807) is 0 Å². The predicted octanol–water partition coefficient (Wildman–Crippen LogP) is 2.99. The topological polar surface area (TPSA) is 26.0 Å². The van der Waals surface area contributed by atoms with Gasteiger partial charge in [-0.3, -0.25) is 0 Å². The third-order valence-corrected chi connectivity index (χ3v) is 1.86. The molecule has 0 saturated heterocycles. The first-order valence-electron chi connectivity index (χ1n) is 4.85. The zero-order valence-corrected chi connectivity index (χ0v) is 8.77. The van der Waals surface area contributed by atoms with E-state index in [9.17, 15) is 0 Å². The number of nitrogens with two attached hydrogens (primary N) is 1. The van der Waals surface area contributed by atoms with Crippen molar-refractivity contribution in [1.29, 1.82) is 0 Å². The molecule has 1 aromatic rings. The third-order valence-electron chi connectivity index (χ3n) is 1.86. The smallest absolute Gasteiger partial charge is 0.0197 e. The van der Waals surface area contributed by atoms with Crippen LogP contribution in [0.5, 0.6) is 0 Å². The summed E-state index contributed by atoms with van der Waals surface area (Å²) in [4.78, 5) is 0. The van der Waals surface area contributed by atoms with Crippen LogP contribution in [0.4, 0.5) is 0 Å². The molecule has 1 nitrogen and oxygen atoms in total. The van der Waals surface area contributed by atoms with Gasteiger partial charge in [-0.05, 0) is 19.4 Å². The lowest BCUT2D eigenvalue weighted by atomic mass is 10.1. The van der Waals surface area contributed by atoms with Crippen LogP contribution in [0.1, 0.15) is 19.4 Å². The van der Waals surface area contributed by atoms with E-state index >= 15 is 0 Å². The molecule has 1 heteroatoms. The van der Waals surface area contributed by atoms with Crippen LogP contribution < -0.4 is 5.73 Å². The molecular weight excluding hydrogens is 170 g/mol. The first-order chi connectivity index (χ1) is 6.68. The van der Waals surface area contributed by atoms with Crippen molar-refractivity contribution in [2.24, 2.45) is 5.73 Å². The summed E-state index contributed by atoms with van der Waals surface area (Å²) in [6.45, 7) is 4.04. The Morgan fingerprint density at radius 1 is 1.29 bits per heavy atom. The molecule has 0 radical (unpaired) electrons. The second-order valence-corrected chi connectivity index (χ2v) is 3.52. The minimum Gasteiger partial charge on any atom is -0.325 e. The van der Waals surface area contributed by atoms with E-state index in [4.69, 9.17) is 5.73 Å². The lowest BCUT2D eigenvalue weighted by molar-refractivity contribution is 0.925. The summed E-state index contributed by atoms with van der Waals surface area (Å²) in [6, 6.07) is 10.4. The molecule has 1 aromatic carbocycles. The second kappa shape index (κ2) is 5.40. The molecule has 0 saturated carbocycles. The Labute approximate surface area is 85.9 Å². The van der Waals surface area contributed by atoms with Crippen molar-refractivity contribution in [3.05, 3.63) is 53.6 Å². The summed E-state index contributed by atoms with van der Waals surface area (Å²) in [7, 11) is 0. The van der Waals surface area contributed by atoms with Crippen molar-refractivity contribution in [3.8, 4) is 0 Å². The summed E-state index contributed by atoms with van der Waals surface area (Å²) >= 11 is 0. The first kappa shape index (κ1) is 10.7. The van der Waals surface area contributed by atoms with Gasteiger partial charge in [0.2, 0.25) is 0 Å². The largest absolute Gasteiger partial charge is 0.325 e. The molecule has 0 aliphatic carbocycles. The molecule has 1 rings (SSSR count). The zero-order chi connectivity index (χ0) is 10.4. The Balaban J connectivity index is 2.70. The van der Waals surface area contributed by atoms with E-state index in [0.717, 1.165) is 0 Å². The quantitative estimate of drug-likeness (QED) is 0.723. The van der Waals surface area contributed by atoms with Gasteiger partial charge in [0, 0.05) is 6.04 Å². The Bertz CT molecular complexity index is 320. The number of hydrogen-bond donors (Lipinski definition) is 1. The molecule has 2 N–H and O–H groups in total. The lowest BCUT2D eigenvalue weighted by Gasteiger charge is -1.96. The number of hydrogen-bond acceptors (Lipinski definition) is 1. The van der Waals surface area contributed by atoms with E-state index in [-0.39, 0.29) is 6.04 Å². The average molecular weight is 187 g/mol. The highest BCUT2D eigenvalue weighted by molar-refractivity contribution is 5.54. The Morgan fingerprint density at radius 2 is 1.93 bits per heavy atom. The van der Waals surface area contributed by atoms with E-state index in [2.05, 4.69) is 31.2 Å². The van der Waals surface area contributed by atoms with Crippen molar-refractivity contribution >= 4 is 6.08 Å². The summed E-state index contributed by atoms with van der Waals surface area (Å²) in [5, 5.41) is 0. The van der Waals surface area contributed by atoms with Crippen molar-refractivity contribution < 1.29 is 0 Å². The SMILES string of the molecule is CC(/C=C/C(C)N)=C\c1ccccc1. The lowest BCUT2D eigenvalue weighted by Crippen LogP contribution is -2.10. The molecule has 0 fully saturated rings. The molecule has 0 aliphatic rings. The number of rotatable bonds is 3. The molecule has 0 heterocycles. The molecule has 0 aromatic heterocycles. The maximum Gasteiger partial charge on any atom is 0.0197 e. The van der Waals surface area contributed by atoms with Gasteiger partial charge in [0.05, 0.1) is 0 Å². The van der Waals surface area contributed by atoms with Crippen molar-refractivity contribution in [3.63, 3.8) is 0 Å². The predicted molar refractivity (Wildman–Crippen MR) is 62.9 cm³/mol. The van der Waals surface area contributed by atoms with Crippen LogP contribution >= 0.6 is 0 Å². The Hall–Kier alpha value is -1.34. The minimum absolute atomic E-state index is 0.120. The van der Waals surface area contributed by atoms with Gasteiger partial charge in [-0.15, -0.1) is 0 Å². The maximum absolute atomic E-state index is 5.62. The molecular formula is C13H17N. The average Bonchev–Trinajstić information content (AvgIpc) is 2.16. The number of allylic oxidation sites excluding steroid dienone is 2. The zero-order valence-electron chi connectivity index (χ0n) is 8.77. The first-order valence-corrected chi connectivity index (χ1v) is 4.85. The van der Waals surface area contributed by atoms with Crippen molar-refractivity contribution in [1.82, 2.24) is 0 Å². The van der Waals surface area contributed by atoms with Crippen molar-refractivity contribution in [2.45, 2.75) is 19.9 Å². The fraction of sp³-hybridized carbons (Fsp3) is 0.231. The Morgan fingerprint density at radius 3 is 2.50 bits per heavy atom. The van der Waals surface area contributed by atoms with E-state index in [1.807, 2.05) is 31.2 Å². The molecule has 0 aliphatic heterocycles. The van der Waals surface area contributed by atoms with Gasteiger partial charge in [0.1, 0.15) is 0 Å². The van der Waals surface area contributed by atoms with Gasteiger partial charge in [0.15, 0.2) is 0 Å². The van der Waals surface area contributed by atoms with E-state index < -0.39 is 0 Å². The van der Waals surface area contributed by atoms with Gasteiger partial charge in [-0.1, -0.05) is 54.1 Å². The highest BCUT2D eigenvalue weighted by Gasteiger charge is 1.87. The molecule has 1 atom stereocenters. The van der Waals surface area contributed by atoms with Crippen LogP contribution in [0, 0.1) is 0 Å². The summed E-state index contributed by atoms with van der Waals surface area (Å²) in [5.41, 5.74) is 8.06. The second-order valence-electron chi connectivity index (χ2n) is 3.52. The molecule has 74 valence electrons. The van der Waals surface area contributed by atoms with Crippen LogP contribution in [0.2, 0.25) is 0 Å². The van der Waals surface area contributed by atoms with Gasteiger partial charge >= 0.3 is 0 Å². The van der Waals surface area contributed by atoms with Crippen LogP contribution in [0.3, 0.4) is 0 Å². The van der Waals surface area contributed by atoms with Crippen LogP contribution in [0.25, 0.3) is 6.08 Å². The monoisotopic (exact) mass is 187 g/mol. The van der Waals surface area contributed by atoms with Gasteiger partial charge < -0.3 is 5.73 Å². The van der Waals surface area contributed by atoms with Gasteiger partial charge in [0.25, 0.3) is 0 Å².